The maximum atomic E-state index is 12.4. The number of halogens is 1. The monoisotopic (exact) mass is 358 g/mol. The first-order valence-electron chi connectivity index (χ1n) is 7.57. The van der Waals surface area contributed by atoms with Crippen molar-refractivity contribution in [3.8, 4) is 17.6 Å². The molecule has 0 fully saturated rings. The Labute approximate surface area is 152 Å². The predicted octanol–water partition coefficient (Wildman–Crippen LogP) is 4.41. The highest BCUT2D eigenvalue weighted by molar-refractivity contribution is 6.32. The first-order valence-corrected chi connectivity index (χ1v) is 7.95. The highest BCUT2D eigenvalue weighted by atomic mass is 35.5. The van der Waals surface area contributed by atoms with E-state index in [9.17, 15) is 10.1 Å². The van der Waals surface area contributed by atoms with Crippen LogP contribution in [0.1, 0.15) is 29.8 Å². The molecule has 0 saturated carbocycles. The van der Waals surface area contributed by atoms with Crippen LogP contribution in [0.5, 0.6) is 11.5 Å². The van der Waals surface area contributed by atoms with Crippen molar-refractivity contribution in [1.29, 1.82) is 5.26 Å². The van der Waals surface area contributed by atoms with Crippen LogP contribution in [0.15, 0.2) is 36.4 Å². The number of nitrogens with zero attached hydrogens (tertiary/aromatic N) is 1. The number of benzene rings is 2. The lowest BCUT2D eigenvalue weighted by atomic mass is 9.86. The van der Waals surface area contributed by atoms with Gasteiger partial charge in [0.1, 0.15) is 0 Å². The van der Waals surface area contributed by atoms with Crippen molar-refractivity contribution in [3.63, 3.8) is 0 Å². The van der Waals surface area contributed by atoms with E-state index in [0.717, 1.165) is 0 Å². The molecule has 2 rings (SSSR count). The van der Waals surface area contributed by atoms with Gasteiger partial charge in [0.2, 0.25) is 0 Å². The molecule has 2 aromatic rings. The predicted molar refractivity (Wildman–Crippen MR) is 97.6 cm³/mol. The van der Waals surface area contributed by atoms with Crippen molar-refractivity contribution in [1.82, 2.24) is 0 Å². The van der Waals surface area contributed by atoms with E-state index in [1.165, 1.54) is 14.2 Å². The van der Waals surface area contributed by atoms with E-state index in [2.05, 4.69) is 11.4 Å². The zero-order valence-electron chi connectivity index (χ0n) is 14.5. The lowest BCUT2D eigenvalue weighted by molar-refractivity contribution is 0.102. The average molecular weight is 359 g/mol. The molecule has 0 unspecified atom stereocenters. The molecule has 0 saturated heterocycles. The molecular weight excluding hydrogens is 340 g/mol. The standard InChI is InChI=1S/C19H19ClN2O3/c1-19(2,11-21)14-7-6-13(10-15(14)20)22-18(23)12-5-8-16(24-3)17(9-12)25-4/h5-10H,1-4H3,(H,22,23). The molecule has 25 heavy (non-hydrogen) atoms. The summed E-state index contributed by atoms with van der Waals surface area (Å²) >= 11 is 6.27. The number of anilines is 1. The second-order valence-corrected chi connectivity index (χ2v) is 6.36. The number of amides is 1. The van der Waals surface area contributed by atoms with Gasteiger partial charge in [-0.2, -0.15) is 5.26 Å². The summed E-state index contributed by atoms with van der Waals surface area (Å²) in [6.07, 6.45) is 0. The molecule has 1 N–H and O–H groups in total. The van der Waals surface area contributed by atoms with E-state index in [1.54, 1.807) is 50.2 Å². The number of methoxy groups -OCH3 is 2. The number of rotatable bonds is 5. The van der Waals surface area contributed by atoms with E-state index < -0.39 is 5.41 Å². The quantitative estimate of drug-likeness (QED) is 0.859. The summed E-state index contributed by atoms with van der Waals surface area (Å²) < 4.78 is 10.4. The van der Waals surface area contributed by atoms with Gasteiger partial charge in [-0.15, -0.1) is 0 Å². The van der Waals surface area contributed by atoms with Crippen molar-refractivity contribution in [2.24, 2.45) is 0 Å². The average Bonchev–Trinajstić information content (AvgIpc) is 2.60. The molecule has 0 bridgehead atoms. The summed E-state index contributed by atoms with van der Waals surface area (Å²) in [6, 6.07) is 12.2. The van der Waals surface area contributed by atoms with Crippen LogP contribution < -0.4 is 14.8 Å². The van der Waals surface area contributed by atoms with Crippen LogP contribution in [0.25, 0.3) is 0 Å². The Kier molecular flexibility index (Phi) is 5.55. The van der Waals surface area contributed by atoms with E-state index >= 15 is 0 Å². The van der Waals surface area contributed by atoms with Crippen molar-refractivity contribution < 1.29 is 14.3 Å². The van der Waals surface area contributed by atoms with Gasteiger partial charge in [0.15, 0.2) is 11.5 Å². The molecule has 0 atom stereocenters. The minimum atomic E-state index is -0.705. The maximum absolute atomic E-state index is 12.4. The zero-order valence-corrected chi connectivity index (χ0v) is 15.3. The first-order chi connectivity index (χ1) is 11.8. The molecule has 0 aliphatic heterocycles. The molecule has 0 spiro atoms. The van der Waals surface area contributed by atoms with Crippen LogP contribution in [0.4, 0.5) is 5.69 Å². The molecule has 1 amide bonds. The molecule has 0 heterocycles. The molecule has 6 heteroatoms. The maximum Gasteiger partial charge on any atom is 0.255 e. The van der Waals surface area contributed by atoms with Crippen LogP contribution in [0.3, 0.4) is 0 Å². The Morgan fingerprint density at radius 3 is 2.36 bits per heavy atom. The Balaban J connectivity index is 2.24. The number of hydrogen-bond acceptors (Lipinski definition) is 4. The highest BCUT2D eigenvalue weighted by Gasteiger charge is 2.23. The third kappa shape index (κ3) is 4.04. The summed E-state index contributed by atoms with van der Waals surface area (Å²) in [4.78, 5) is 12.4. The van der Waals surface area contributed by atoms with Crippen molar-refractivity contribution in [2.75, 3.05) is 19.5 Å². The van der Waals surface area contributed by atoms with Gasteiger partial charge < -0.3 is 14.8 Å². The van der Waals surface area contributed by atoms with Gasteiger partial charge in [0, 0.05) is 16.3 Å². The molecule has 130 valence electrons. The minimum absolute atomic E-state index is 0.302. The first kappa shape index (κ1) is 18.6. The third-order valence-electron chi connectivity index (χ3n) is 3.83. The van der Waals surface area contributed by atoms with Gasteiger partial charge in [-0.05, 0) is 49.7 Å². The summed E-state index contributed by atoms with van der Waals surface area (Å²) in [5.74, 6) is 0.716. The van der Waals surface area contributed by atoms with Gasteiger partial charge in [-0.25, -0.2) is 0 Å². The number of ether oxygens (including phenoxy) is 2. The molecular formula is C19H19ClN2O3. The summed E-state index contributed by atoms with van der Waals surface area (Å²) in [5.41, 5.74) is 0.974. The Hall–Kier alpha value is -2.71. The lowest BCUT2D eigenvalue weighted by Gasteiger charge is -2.18. The normalized spacial score (nSPS) is 10.7. The number of hydrogen-bond donors (Lipinski definition) is 1. The van der Waals surface area contributed by atoms with Crippen molar-refractivity contribution in [3.05, 3.63) is 52.5 Å². The number of nitriles is 1. The topological polar surface area (TPSA) is 71.3 Å². The molecule has 0 aliphatic rings. The lowest BCUT2D eigenvalue weighted by Crippen LogP contribution is -2.16. The number of nitrogens with one attached hydrogen (secondary N) is 1. The van der Waals surface area contributed by atoms with Gasteiger partial charge >= 0.3 is 0 Å². The van der Waals surface area contributed by atoms with Crippen LogP contribution in [-0.2, 0) is 5.41 Å². The van der Waals surface area contributed by atoms with Gasteiger partial charge in [-0.1, -0.05) is 17.7 Å². The third-order valence-corrected chi connectivity index (χ3v) is 4.14. The summed E-state index contributed by atoms with van der Waals surface area (Å²) in [6.45, 7) is 3.58. The molecule has 0 aromatic heterocycles. The highest BCUT2D eigenvalue weighted by Crippen LogP contribution is 2.32. The Bertz CT molecular complexity index is 841. The second-order valence-electron chi connectivity index (χ2n) is 5.96. The van der Waals surface area contributed by atoms with Crippen LogP contribution in [-0.4, -0.2) is 20.1 Å². The van der Waals surface area contributed by atoms with Crippen molar-refractivity contribution >= 4 is 23.2 Å². The fourth-order valence-electron chi connectivity index (χ4n) is 2.34. The number of carbonyl (C=O) groups excluding carboxylic acids is 1. The van der Waals surface area contributed by atoms with E-state index in [4.69, 9.17) is 21.1 Å². The van der Waals surface area contributed by atoms with Gasteiger partial charge in [-0.3, -0.25) is 4.79 Å². The fourth-order valence-corrected chi connectivity index (χ4v) is 2.76. The Morgan fingerprint density at radius 2 is 1.80 bits per heavy atom. The zero-order chi connectivity index (χ0) is 18.6. The molecule has 0 radical (unpaired) electrons. The summed E-state index contributed by atoms with van der Waals surface area (Å²) in [7, 11) is 3.04. The van der Waals surface area contributed by atoms with Crippen LogP contribution in [0.2, 0.25) is 5.02 Å². The van der Waals surface area contributed by atoms with Gasteiger partial charge in [0.05, 0.1) is 25.7 Å². The SMILES string of the molecule is COc1ccc(C(=O)Nc2ccc(C(C)(C)C#N)c(Cl)c2)cc1OC. The van der Waals surface area contributed by atoms with Gasteiger partial charge in [0.25, 0.3) is 5.91 Å². The van der Waals surface area contributed by atoms with Crippen LogP contribution in [0, 0.1) is 11.3 Å². The van der Waals surface area contributed by atoms with E-state index in [-0.39, 0.29) is 5.91 Å². The van der Waals surface area contributed by atoms with E-state index in [0.29, 0.717) is 33.3 Å². The minimum Gasteiger partial charge on any atom is -0.493 e. The van der Waals surface area contributed by atoms with Crippen molar-refractivity contribution in [2.45, 2.75) is 19.3 Å². The summed E-state index contributed by atoms with van der Waals surface area (Å²) in [5, 5.41) is 12.4. The molecule has 0 aliphatic carbocycles. The number of carbonyl (C=O) groups is 1. The smallest absolute Gasteiger partial charge is 0.255 e. The molecule has 5 nitrogen and oxygen atoms in total. The second kappa shape index (κ2) is 7.45. The molecule has 2 aromatic carbocycles. The Morgan fingerprint density at radius 1 is 1.12 bits per heavy atom. The fraction of sp³-hybridized carbons (Fsp3) is 0.263. The van der Waals surface area contributed by atoms with Crippen LogP contribution >= 0.6 is 11.6 Å². The largest absolute Gasteiger partial charge is 0.493 e. The van der Waals surface area contributed by atoms with E-state index in [1.807, 2.05) is 0 Å².